The summed E-state index contributed by atoms with van der Waals surface area (Å²) >= 11 is 0. The monoisotopic (exact) mass is 422 g/mol. The van der Waals surface area contributed by atoms with Crippen LogP contribution in [0, 0.1) is 6.92 Å². The molecule has 1 aliphatic heterocycles. The van der Waals surface area contributed by atoms with Crippen LogP contribution < -0.4 is 0 Å². The molecule has 162 valence electrons. The molecule has 0 N–H and O–H groups in total. The number of aryl methyl sites for hydroxylation is 1. The van der Waals surface area contributed by atoms with E-state index in [9.17, 15) is 9.59 Å². The Bertz CT molecular complexity index is 1170. The fraction of sp³-hybridized carbons (Fsp3) is 0.478. The largest absolute Gasteiger partial charge is 0.464 e. The molecule has 1 saturated carbocycles. The Morgan fingerprint density at radius 2 is 2.00 bits per heavy atom. The topological polar surface area (TPSA) is 90.5 Å². The van der Waals surface area contributed by atoms with Crippen LogP contribution in [0.5, 0.6) is 0 Å². The first kappa shape index (κ1) is 19.8. The van der Waals surface area contributed by atoms with Gasteiger partial charge in [0.1, 0.15) is 5.69 Å². The highest BCUT2D eigenvalue weighted by Gasteiger charge is 2.34. The van der Waals surface area contributed by atoms with Gasteiger partial charge in [-0.1, -0.05) is 5.16 Å². The van der Waals surface area contributed by atoms with Crippen molar-refractivity contribution in [1.29, 1.82) is 0 Å². The fourth-order valence-electron chi connectivity index (χ4n) is 4.68. The molecular weight excluding hydrogens is 396 g/mol. The first-order valence-electron chi connectivity index (χ1n) is 10.8. The Balaban J connectivity index is 1.56. The maximum absolute atomic E-state index is 13.9. The highest BCUT2D eigenvalue weighted by atomic mass is 16.5. The van der Waals surface area contributed by atoms with Crippen LogP contribution in [0.4, 0.5) is 0 Å². The summed E-state index contributed by atoms with van der Waals surface area (Å²) in [7, 11) is 3.22. The molecule has 2 fully saturated rings. The average Bonchev–Trinajstić information content (AvgIpc) is 3.48. The number of fused-ring (bicyclic) bond motifs is 1. The standard InChI is InChI=1S/C23H26N4O4/c1-13-20-15(12-16(14-7-8-14)24-21(20)31-25-13)22(28)27-11-5-4-6-18(27)17-9-10-19(26(17)2)23(29)30-3/h9-10,12,14,18H,4-8,11H2,1-3H3. The third-order valence-electron chi connectivity index (χ3n) is 6.52. The zero-order valence-electron chi connectivity index (χ0n) is 18.1. The van der Waals surface area contributed by atoms with Crippen LogP contribution in [0.25, 0.3) is 11.1 Å². The number of hydrogen-bond acceptors (Lipinski definition) is 6. The van der Waals surface area contributed by atoms with Crippen molar-refractivity contribution in [3.05, 3.63) is 46.5 Å². The van der Waals surface area contributed by atoms with E-state index in [1.807, 2.05) is 35.6 Å². The molecule has 0 radical (unpaired) electrons. The van der Waals surface area contributed by atoms with Crippen LogP contribution >= 0.6 is 0 Å². The number of pyridine rings is 1. The van der Waals surface area contributed by atoms with Crippen LogP contribution in [0.3, 0.4) is 0 Å². The number of ether oxygens (including phenoxy) is 1. The van der Waals surface area contributed by atoms with Gasteiger partial charge in [-0.3, -0.25) is 4.79 Å². The molecule has 0 spiro atoms. The summed E-state index contributed by atoms with van der Waals surface area (Å²) in [6.45, 7) is 2.50. The summed E-state index contributed by atoms with van der Waals surface area (Å²) in [5.74, 6) is -0.0208. The quantitative estimate of drug-likeness (QED) is 0.592. The summed E-state index contributed by atoms with van der Waals surface area (Å²) in [5, 5.41) is 4.76. The molecule has 1 saturated heterocycles. The number of carbonyl (C=O) groups excluding carboxylic acids is 2. The molecule has 0 bridgehead atoms. The minimum absolute atomic E-state index is 0.0360. The lowest BCUT2D eigenvalue weighted by Crippen LogP contribution is -2.39. The van der Waals surface area contributed by atoms with Gasteiger partial charge in [-0.2, -0.15) is 0 Å². The van der Waals surface area contributed by atoms with Crippen molar-refractivity contribution in [1.82, 2.24) is 19.6 Å². The number of piperidine rings is 1. The number of likely N-dealkylation sites (tertiary alicyclic amines) is 1. The van der Waals surface area contributed by atoms with E-state index in [0.717, 1.165) is 43.5 Å². The van der Waals surface area contributed by atoms with Crippen molar-refractivity contribution in [2.24, 2.45) is 7.05 Å². The van der Waals surface area contributed by atoms with E-state index in [1.165, 1.54) is 7.11 Å². The van der Waals surface area contributed by atoms with Crippen molar-refractivity contribution < 1.29 is 18.8 Å². The molecule has 4 heterocycles. The minimum Gasteiger partial charge on any atom is -0.464 e. The average molecular weight is 422 g/mol. The van der Waals surface area contributed by atoms with E-state index in [1.54, 1.807) is 6.07 Å². The van der Waals surface area contributed by atoms with Crippen molar-refractivity contribution in [3.8, 4) is 0 Å². The molecule has 1 atom stereocenters. The van der Waals surface area contributed by atoms with E-state index in [4.69, 9.17) is 9.26 Å². The summed E-state index contributed by atoms with van der Waals surface area (Å²) in [6.07, 6.45) is 4.99. The summed E-state index contributed by atoms with van der Waals surface area (Å²) in [5.41, 5.74) is 4.04. The number of nitrogens with zero attached hydrogens (tertiary/aromatic N) is 4. The van der Waals surface area contributed by atoms with Crippen molar-refractivity contribution in [3.63, 3.8) is 0 Å². The lowest BCUT2D eigenvalue weighted by atomic mass is 9.97. The molecule has 31 heavy (non-hydrogen) atoms. The van der Waals surface area contributed by atoms with Gasteiger partial charge in [-0.15, -0.1) is 0 Å². The summed E-state index contributed by atoms with van der Waals surface area (Å²) in [6, 6.07) is 5.50. The van der Waals surface area contributed by atoms with E-state index in [-0.39, 0.29) is 17.9 Å². The Labute approximate surface area is 180 Å². The molecule has 0 aromatic carbocycles. The van der Waals surface area contributed by atoms with Gasteiger partial charge in [0.05, 0.1) is 29.8 Å². The number of amides is 1. The number of aromatic nitrogens is 3. The molecule has 1 aliphatic carbocycles. The van der Waals surface area contributed by atoms with E-state index in [0.29, 0.717) is 40.5 Å². The van der Waals surface area contributed by atoms with Gasteiger partial charge in [0.25, 0.3) is 11.6 Å². The highest BCUT2D eigenvalue weighted by Crippen LogP contribution is 2.41. The second-order valence-electron chi connectivity index (χ2n) is 8.52. The molecule has 8 heteroatoms. The Morgan fingerprint density at radius 1 is 1.19 bits per heavy atom. The molecule has 3 aromatic heterocycles. The van der Waals surface area contributed by atoms with Gasteiger partial charge >= 0.3 is 5.97 Å². The van der Waals surface area contributed by atoms with Crippen LogP contribution in [0.2, 0.25) is 0 Å². The number of hydrogen-bond donors (Lipinski definition) is 0. The normalized spacial score (nSPS) is 19.1. The number of methoxy groups -OCH3 is 1. The minimum atomic E-state index is -0.382. The fourth-order valence-corrected chi connectivity index (χ4v) is 4.68. The van der Waals surface area contributed by atoms with E-state index >= 15 is 0 Å². The van der Waals surface area contributed by atoms with Gasteiger partial charge in [0.2, 0.25) is 0 Å². The molecule has 8 nitrogen and oxygen atoms in total. The zero-order chi connectivity index (χ0) is 21.7. The molecule has 1 amide bonds. The van der Waals surface area contributed by atoms with Crippen LogP contribution in [0.1, 0.15) is 82.0 Å². The smallest absolute Gasteiger partial charge is 0.354 e. The second-order valence-corrected chi connectivity index (χ2v) is 8.52. The Kier molecular flexibility index (Phi) is 4.79. The summed E-state index contributed by atoms with van der Waals surface area (Å²) in [4.78, 5) is 32.5. The predicted octanol–water partition coefficient (Wildman–Crippen LogP) is 3.90. The van der Waals surface area contributed by atoms with Gasteiger partial charge < -0.3 is 18.7 Å². The molecule has 2 aliphatic rings. The SMILES string of the molecule is COC(=O)c1ccc(C2CCCCN2C(=O)c2cc(C3CC3)nc3onc(C)c23)n1C. The maximum atomic E-state index is 13.9. The molecular formula is C23H26N4O4. The number of carbonyl (C=O) groups is 2. The molecule has 1 unspecified atom stereocenters. The van der Waals surface area contributed by atoms with E-state index < -0.39 is 0 Å². The van der Waals surface area contributed by atoms with Crippen molar-refractivity contribution in [2.75, 3.05) is 13.7 Å². The van der Waals surface area contributed by atoms with E-state index in [2.05, 4.69) is 10.1 Å². The van der Waals surface area contributed by atoms with Crippen LogP contribution in [-0.2, 0) is 11.8 Å². The lowest BCUT2D eigenvalue weighted by Gasteiger charge is -2.36. The number of rotatable bonds is 4. The first-order chi connectivity index (χ1) is 15.0. The van der Waals surface area contributed by atoms with Crippen molar-refractivity contribution >= 4 is 23.0 Å². The van der Waals surface area contributed by atoms with Gasteiger partial charge in [-0.25, -0.2) is 9.78 Å². The third-order valence-corrected chi connectivity index (χ3v) is 6.52. The van der Waals surface area contributed by atoms with Gasteiger partial charge in [0.15, 0.2) is 0 Å². The highest BCUT2D eigenvalue weighted by molar-refractivity contribution is 6.06. The predicted molar refractivity (Wildman–Crippen MR) is 113 cm³/mol. The van der Waals surface area contributed by atoms with Crippen LogP contribution in [0.15, 0.2) is 22.7 Å². The number of esters is 1. The lowest BCUT2D eigenvalue weighted by molar-refractivity contribution is 0.0585. The zero-order valence-corrected chi connectivity index (χ0v) is 18.1. The van der Waals surface area contributed by atoms with Gasteiger partial charge in [-0.05, 0) is 57.2 Å². The molecule has 5 rings (SSSR count). The summed E-state index contributed by atoms with van der Waals surface area (Å²) < 4.78 is 12.2. The first-order valence-corrected chi connectivity index (χ1v) is 10.8. The Morgan fingerprint density at radius 3 is 2.74 bits per heavy atom. The maximum Gasteiger partial charge on any atom is 0.354 e. The Hall–Kier alpha value is -3.16. The molecule has 3 aromatic rings. The van der Waals surface area contributed by atoms with Gasteiger partial charge in [0, 0.05) is 30.9 Å². The van der Waals surface area contributed by atoms with Crippen molar-refractivity contribution in [2.45, 2.75) is 51.0 Å². The van der Waals surface area contributed by atoms with Crippen LogP contribution in [-0.4, -0.2) is 45.1 Å². The third kappa shape index (κ3) is 3.30. The second kappa shape index (κ2) is 7.51.